The standard InChI is InChI=1S/C24H23N3O2S/c28-23(15-18-5-9-21(10-6-18)27-14-2-4-24(27)29)26-20-7-11-22(12-8-20)30-17-19-3-1-13-25-16-19/h1,3,5-13,16H,2,4,14-15,17H2,(H,26,28). The molecule has 6 heteroatoms. The second-order valence-corrected chi connectivity index (χ2v) is 8.26. The molecule has 3 aromatic rings. The summed E-state index contributed by atoms with van der Waals surface area (Å²) in [6.07, 6.45) is 5.46. The Labute approximate surface area is 180 Å². The van der Waals surface area contributed by atoms with Crippen LogP contribution >= 0.6 is 11.8 Å². The highest BCUT2D eigenvalue weighted by Gasteiger charge is 2.21. The molecule has 0 atom stereocenters. The van der Waals surface area contributed by atoms with Crippen LogP contribution in [0.3, 0.4) is 0 Å². The minimum absolute atomic E-state index is 0.0595. The van der Waals surface area contributed by atoms with Crippen LogP contribution in [0.2, 0.25) is 0 Å². The van der Waals surface area contributed by atoms with Gasteiger partial charge in [0.05, 0.1) is 6.42 Å². The van der Waals surface area contributed by atoms with E-state index in [4.69, 9.17) is 0 Å². The molecule has 1 fully saturated rings. The lowest BCUT2D eigenvalue weighted by Crippen LogP contribution is -2.23. The third-order valence-electron chi connectivity index (χ3n) is 4.95. The number of hydrogen-bond acceptors (Lipinski definition) is 4. The van der Waals surface area contributed by atoms with E-state index in [2.05, 4.69) is 16.4 Å². The van der Waals surface area contributed by atoms with Crippen molar-refractivity contribution in [3.63, 3.8) is 0 Å². The molecule has 0 aliphatic carbocycles. The zero-order chi connectivity index (χ0) is 20.8. The van der Waals surface area contributed by atoms with Crippen molar-refractivity contribution in [1.82, 2.24) is 4.98 Å². The Morgan fingerprint density at radius 2 is 1.83 bits per heavy atom. The number of rotatable bonds is 7. The molecular formula is C24H23N3O2S. The van der Waals surface area contributed by atoms with Gasteiger partial charge in [0.2, 0.25) is 11.8 Å². The predicted molar refractivity (Wildman–Crippen MR) is 121 cm³/mol. The van der Waals surface area contributed by atoms with E-state index >= 15 is 0 Å². The molecular weight excluding hydrogens is 394 g/mol. The minimum atomic E-state index is -0.0595. The fourth-order valence-electron chi connectivity index (χ4n) is 3.39. The first kappa shape index (κ1) is 20.2. The van der Waals surface area contributed by atoms with Gasteiger partial charge in [-0.3, -0.25) is 14.6 Å². The van der Waals surface area contributed by atoms with Crippen molar-refractivity contribution in [2.45, 2.75) is 29.9 Å². The molecule has 2 aromatic carbocycles. The van der Waals surface area contributed by atoms with E-state index in [1.54, 1.807) is 22.9 Å². The smallest absolute Gasteiger partial charge is 0.228 e. The summed E-state index contributed by atoms with van der Waals surface area (Å²) in [5, 5.41) is 2.95. The molecule has 30 heavy (non-hydrogen) atoms. The van der Waals surface area contributed by atoms with Gasteiger partial charge in [-0.25, -0.2) is 0 Å². The van der Waals surface area contributed by atoms with Crippen molar-refractivity contribution in [1.29, 1.82) is 0 Å². The molecule has 1 N–H and O–H groups in total. The first-order chi connectivity index (χ1) is 14.7. The second kappa shape index (κ2) is 9.59. The lowest BCUT2D eigenvalue weighted by atomic mass is 10.1. The van der Waals surface area contributed by atoms with Crippen LogP contribution in [0.1, 0.15) is 24.0 Å². The van der Waals surface area contributed by atoms with Crippen LogP contribution < -0.4 is 10.2 Å². The van der Waals surface area contributed by atoms with E-state index in [9.17, 15) is 9.59 Å². The van der Waals surface area contributed by atoms with E-state index in [-0.39, 0.29) is 11.8 Å². The largest absolute Gasteiger partial charge is 0.326 e. The summed E-state index contributed by atoms with van der Waals surface area (Å²) in [5.41, 5.74) is 3.79. The summed E-state index contributed by atoms with van der Waals surface area (Å²) >= 11 is 1.73. The third-order valence-corrected chi connectivity index (χ3v) is 6.04. The van der Waals surface area contributed by atoms with Gasteiger partial charge in [-0.05, 0) is 60.0 Å². The number of anilines is 2. The van der Waals surface area contributed by atoms with Crippen LogP contribution in [0.4, 0.5) is 11.4 Å². The molecule has 2 heterocycles. The summed E-state index contributed by atoms with van der Waals surface area (Å²) in [6, 6.07) is 19.5. The number of nitrogens with zero attached hydrogens (tertiary/aromatic N) is 2. The van der Waals surface area contributed by atoms with E-state index in [1.807, 2.05) is 60.8 Å². The minimum Gasteiger partial charge on any atom is -0.326 e. The van der Waals surface area contributed by atoms with Gasteiger partial charge in [-0.15, -0.1) is 11.8 Å². The number of hydrogen-bond donors (Lipinski definition) is 1. The predicted octanol–water partition coefficient (Wildman–Crippen LogP) is 4.68. The summed E-state index contributed by atoms with van der Waals surface area (Å²) in [7, 11) is 0. The normalized spacial score (nSPS) is 13.5. The summed E-state index contributed by atoms with van der Waals surface area (Å²) in [6.45, 7) is 0.773. The molecule has 1 saturated heterocycles. The Morgan fingerprint density at radius 1 is 1.03 bits per heavy atom. The van der Waals surface area contributed by atoms with Crippen molar-refractivity contribution in [3.8, 4) is 0 Å². The molecule has 0 bridgehead atoms. The van der Waals surface area contributed by atoms with Crippen molar-refractivity contribution >= 4 is 35.0 Å². The first-order valence-electron chi connectivity index (χ1n) is 9.98. The average molecular weight is 418 g/mol. The zero-order valence-corrected chi connectivity index (χ0v) is 17.4. The van der Waals surface area contributed by atoms with Gasteiger partial charge in [0.25, 0.3) is 0 Å². The lowest BCUT2D eigenvalue weighted by molar-refractivity contribution is -0.117. The topological polar surface area (TPSA) is 62.3 Å². The Bertz CT molecular complexity index is 1000. The Kier molecular flexibility index (Phi) is 6.44. The fourth-order valence-corrected chi connectivity index (χ4v) is 4.22. The maximum Gasteiger partial charge on any atom is 0.228 e. The van der Waals surface area contributed by atoms with Gasteiger partial charge in [-0.1, -0.05) is 18.2 Å². The number of thioether (sulfide) groups is 1. The molecule has 0 spiro atoms. The van der Waals surface area contributed by atoms with E-state index in [0.29, 0.717) is 12.8 Å². The summed E-state index contributed by atoms with van der Waals surface area (Å²) in [4.78, 5) is 31.3. The van der Waals surface area contributed by atoms with Gasteiger partial charge >= 0.3 is 0 Å². The first-order valence-corrected chi connectivity index (χ1v) is 11.0. The number of carbonyl (C=O) groups excluding carboxylic acids is 2. The van der Waals surface area contributed by atoms with Crippen LogP contribution in [-0.2, 0) is 21.8 Å². The molecule has 0 saturated carbocycles. The fraction of sp³-hybridized carbons (Fsp3) is 0.208. The Morgan fingerprint density at radius 3 is 2.50 bits per heavy atom. The number of carbonyl (C=O) groups is 2. The van der Waals surface area contributed by atoms with Crippen LogP contribution in [0.5, 0.6) is 0 Å². The number of benzene rings is 2. The maximum absolute atomic E-state index is 12.4. The van der Waals surface area contributed by atoms with Gasteiger partial charge < -0.3 is 10.2 Å². The molecule has 1 aromatic heterocycles. The van der Waals surface area contributed by atoms with E-state index in [0.717, 1.165) is 40.6 Å². The Balaban J connectivity index is 1.28. The summed E-state index contributed by atoms with van der Waals surface area (Å²) < 4.78 is 0. The van der Waals surface area contributed by atoms with Crippen LogP contribution in [-0.4, -0.2) is 23.3 Å². The molecule has 5 nitrogen and oxygen atoms in total. The molecule has 2 amide bonds. The van der Waals surface area contributed by atoms with Crippen molar-refractivity contribution in [2.75, 3.05) is 16.8 Å². The van der Waals surface area contributed by atoms with Gasteiger partial charge in [-0.2, -0.15) is 0 Å². The van der Waals surface area contributed by atoms with Crippen molar-refractivity contribution in [2.24, 2.45) is 0 Å². The Hall–Kier alpha value is -3.12. The quantitative estimate of drug-likeness (QED) is 0.567. The molecule has 4 rings (SSSR count). The monoisotopic (exact) mass is 417 g/mol. The van der Waals surface area contributed by atoms with Crippen molar-refractivity contribution < 1.29 is 9.59 Å². The number of aromatic nitrogens is 1. The molecule has 152 valence electrons. The molecule has 1 aliphatic heterocycles. The highest BCUT2D eigenvalue weighted by atomic mass is 32.2. The third kappa shape index (κ3) is 5.27. The van der Waals surface area contributed by atoms with E-state index in [1.165, 1.54) is 5.56 Å². The number of amides is 2. The molecule has 0 unspecified atom stereocenters. The van der Waals surface area contributed by atoms with Gasteiger partial charge in [0.15, 0.2) is 0 Å². The van der Waals surface area contributed by atoms with Gasteiger partial charge in [0, 0.05) is 47.4 Å². The summed E-state index contributed by atoms with van der Waals surface area (Å²) in [5.74, 6) is 0.969. The van der Waals surface area contributed by atoms with Crippen LogP contribution in [0, 0.1) is 0 Å². The maximum atomic E-state index is 12.4. The number of pyridine rings is 1. The highest BCUT2D eigenvalue weighted by Crippen LogP contribution is 2.24. The van der Waals surface area contributed by atoms with E-state index < -0.39 is 0 Å². The lowest BCUT2D eigenvalue weighted by Gasteiger charge is -2.15. The number of nitrogens with one attached hydrogen (secondary N) is 1. The zero-order valence-electron chi connectivity index (χ0n) is 16.6. The van der Waals surface area contributed by atoms with Crippen molar-refractivity contribution in [3.05, 3.63) is 84.2 Å². The average Bonchev–Trinajstić information content (AvgIpc) is 3.20. The SMILES string of the molecule is O=C(Cc1ccc(N2CCCC2=O)cc1)Nc1ccc(SCc2cccnc2)cc1. The molecule has 0 radical (unpaired) electrons. The second-order valence-electron chi connectivity index (χ2n) is 7.21. The molecule has 1 aliphatic rings. The van der Waals surface area contributed by atoms with Crippen LogP contribution in [0.25, 0.3) is 0 Å². The van der Waals surface area contributed by atoms with Crippen LogP contribution in [0.15, 0.2) is 78.0 Å². The highest BCUT2D eigenvalue weighted by molar-refractivity contribution is 7.98. The van der Waals surface area contributed by atoms with Gasteiger partial charge in [0.1, 0.15) is 0 Å².